The second-order valence-electron chi connectivity index (χ2n) is 9.85. The fourth-order valence-corrected chi connectivity index (χ4v) is 3.89. The molecule has 1 aromatic rings. The standard InChI is InChI=1S/C28H45N7O2/c1-6-18-29-26-23(21-31-28(33-26)32-24-15-10-7-11-16-24)14-9-8-12-19-30-27(37)22(2)35(5)25(36)17-13-20-34(3)4/h13,17,21-22,24H,6-8,10-12,15-16,18-20H2,1-5H3,(H,30,37)(H2,29,31,32,33)/b17-13+/t22-/m0/s1. The Balaban J connectivity index is 1.82. The average Bonchev–Trinajstić information content (AvgIpc) is 2.89. The molecule has 0 saturated heterocycles. The Morgan fingerprint density at radius 3 is 2.65 bits per heavy atom. The van der Waals surface area contributed by atoms with E-state index in [2.05, 4.69) is 44.7 Å². The maximum atomic E-state index is 12.4. The van der Waals surface area contributed by atoms with Crippen molar-refractivity contribution in [1.29, 1.82) is 0 Å². The number of rotatable bonds is 13. The van der Waals surface area contributed by atoms with E-state index in [1.807, 2.05) is 19.0 Å². The first kappa shape index (κ1) is 30.1. The van der Waals surface area contributed by atoms with Crippen LogP contribution in [0.4, 0.5) is 11.8 Å². The van der Waals surface area contributed by atoms with Gasteiger partial charge in [-0.2, -0.15) is 4.98 Å². The van der Waals surface area contributed by atoms with E-state index in [0.717, 1.165) is 24.3 Å². The third kappa shape index (κ3) is 11.2. The van der Waals surface area contributed by atoms with Crippen molar-refractivity contribution < 1.29 is 9.59 Å². The number of nitrogens with one attached hydrogen (secondary N) is 3. The molecule has 0 aliphatic heterocycles. The van der Waals surface area contributed by atoms with Gasteiger partial charge in [-0.15, -0.1) is 0 Å². The summed E-state index contributed by atoms with van der Waals surface area (Å²) >= 11 is 0. The van der Waals surface area contributed by atoms with Gasteiger partial charge in [0.05, 0.1) is 11.8 Å². The van der Waals surface area contributed by atoms with Crippen LogP contribution in [0.15, 0.2) is 18.3 Å². The zero-order valence-electron chi connectivity index (χ0n) is 23.3. The van der Waals surface area contributed by atoms with Crippen LogP contribution in [0.1, 0.15) is 70.8 Å². The van der Waals surface area contributed by atoms with E-state index < -0.39 is 6.04 Å². The SMILES string of the molecule is CCCNc1nc(NC2CCCCC2)ncc1C#CCCCNC(=O)[C@H](C)N(C)C(=O)/C=C/CN(C)C. The third-order valence-electron chi connectivity index (χ3n) is 6.31. The molecule has 0 aromatic carbocycles. The van der Waals surface area contributed by atoms with Crippen LogP contribution in [0.3, 0.4) is 0 Å². The highest BCUT2D eigenvalue weighted by atomic mass is 16.2. The fraction of sp³-hybridized carbons (Fsp3) is 0.643. The molecule has 1 aliphatic rings. The Labute approximate surface area is 222 Å². The molecule has 0 bridgehead atoms. The molecule has 3 N–H and O–H groups in total. The van der Waals surface area contributed by atoms with Crippen LogP contribution in [0, 0.1) is 11.8 Å². The average molecular weight is 512 g/mol. The lowest BCUT2D eigenvalue weighted by Crippen LogP contribution is -2.45. The van der Waals surface area contributed by atoms with Crippen molar-refractivity contribution in [2.75, 3.05) is 51.4 Å². The number of aromatic nitrogens is 2. The minimum absolute atomic E-state index is 0.176. The zero-order chi connectivity index (χ0) is 27.0. The lowest BCUT2D eigenvalue weighted by molar-refractivity contribution is -0.135. The summed E-state index contributed by atoms with van der Waals surface area (Å²) in [6, 6.07) is -0.104. The van der Waals surface area contributed by atoms with Crippen LogP contribution in [0.25, 0.3) is 0 Å². The minimum atomic E-state index is -0.548. The van der Waals surface area contributed by atoms with Crippen LogP contribution in [-0.2, 0) is 9.59 Å². The zero-order valence-corrected chi connectivity index (χ0v) is 23.3. The highest BCUT2D eigenvalue weighted by molar-refractivity contribution is 5.92. The van der Waals surface area contributed by atoms with E-state index in [1.54, 1.807) is 26.2 Å². The van der Waals surface area contributed by atoms with Gasteiger partial charge in [0.2, 0.25) is 17.8 Å². The van der Waals surface area contributed by atoms with E-state index in [1.165, 1.54) is 43.1 Å². The number of carbonyl (C=O) groups is 2. The summed E-state index contributed by atoms with van der Waals surface area (Å²) < 4.78 is 0. The molecule has 0 spiro atoms. The molecule has 1 heterocycles. The van der Waals surface area contributed by atoms with Gasteiger partial charge in [-0.3, -0.25) is 9.59 Å². The Bertz CT molecular complexity index is 946. The second-order valence-corrected chi connectivity index (χ2v) is 9.85. The number of hydrogen-bond donors (Lipinski definition) is 3. The second kappa shape index (κ2) is 16.6. The molecule has 1 atom stereocenters. The van der Waals surface area contributed by atoms with Crippen LogP contribution >= 0.6 is 0 Å². The third-order valence-corrected chi connectivity index (χ3v) is 6.31. The molecule has 204 valence electrons. The molecular formula is C28H45N7O2. The molecule has 0 unspecified atom stereocenters. The van der Waals surface area contributed by atoms with Crippen molar-refractivity contribution in [3.05, 3.63) is 23.9 Å². The number of unbranched alkanes of at least 4 members (excludes halogenated alkanes) is 1. The highest BCUT2D eigenvalue weighted by Crippen LogP contribution is 2.21. The molecule has 0 radical (unpaired) electrons. The van der Waals surface area contributed by atoms with E-state index in [4.69, 9.17) is 0 Å². The maximum absolute atomic E-state index is 12.4. The molecule has 2 rings (SSSR count). The molecule has 9 nitrogen and oxygen atoms in total. The quantitative estimate of drug-likeness (QED) is 0.212. The minimum Gasteiger partial charge on any atom is -0.369 e. The monoisotopic (exact) mass is 511 g/mol. The summed E-state index contributed by atoms with van der Waals surface area (Å²) in [5.41, 5.74) is 0.780. The predicted molar refractivity (Wildman–Crippen MR) is 150 cm³/mol. The number of anilines is 2. The smallest absolute Gasteiger partial charge is 0.246 e. The summed E-state index contributed by atoms with van der Waals surface area (Å²) in [6.07, 6.45) is 13.6. The topological polar surface area (TPSA) is 102 Å². The molecule has 37 heavy (non-hydrogen) atoms. The number of hydrogen-bond acceptors (Lipinski definition) is 7. The molecule has 2 amide bonds. The number of carbonyl (C=O) groups excluding carboxylic acids is 2. The van der Waals surface area contributed by atoms with Gasteiger partial charge in [-0.25, -0.2) is 4.98 Å². The first-order valence-corrected chi connectivity index (χ1v) is 13.5. The van der Waals surface area contributed by atoms with Crippen molar-refractivity contribution in [2.45, 2.75) is 77.3 Å². The summed E-state index contributed by atoms with van der Waals surface area (Å²) in [7, 11) is 5.50. The maximum Gasteiger partial charge on any atom is 0.246 e. The van der Waals surface area contributed by atoms with Crippen molar-refractivity contribution in [3.8, 4) is 11.8 Å². The molecule has 1 saturated carbocycles. The van der Waals surface area contributed by atoms with Crippen LogP contribution < -0.4 is 16.0 Å². The van der Waals surface area contributed by atoms with Gasteiger partial charge >= 0.3 is 0 Å². The number of amides is 2. The Morgan fingerprint density at radius 1 is 1.19 bits per heavy atom. The summed E-state index contributed by atoms with van der Waals surface area (Å²) in [5, 5.41) is 9.74. The van der Waals surface area contributed by atoms with Gasteiger partial charge in [-0.1, -0.05) is 44.1 Å². The van der Waals surface area contributed by atoms with Gasteiger partial charge in [0.1, 0.15) is 11.9 Å². The number of likely N-dealkylation sites (N-methyl/N-ethyl adjacent to an activating group) is 2. The Hall–Kier alpha value is -3.12. The Kier molecular flexibility index (Phi) is 13.5. The fourth-order valence-electron chi connectivity index (χ4n) is 3.89. The summed E-state index contributed by atoms with van der Waals surface area (Å²) in [5.74, 6) is 7.41. The lowest BCUT2D eigenvalue weighted by Gasteiger charge is -2.23. The molecule has 1 fully saturated rings. The van der Waals surface area contributed by atoms with E-state index >= 15 is 0 Å². The van der Waals surface area contributed by atoms with Crippen LogP contribution in [0.2, 0.25) is 0 Å². The highest BCUT2D eigenvalue weighted by Gasteiger charge is 2.20. The van der Waals surface area contributed by atoms with Crippen molar-refractivity contribution in [1.82, 2.24) is 25.1 Å². The lowest BCUT2D eigenvalue weighted by atomic mass is 9.96. The van der Waals surface area contributed by atoms with Crippen LogP contribution in [0.5, 0.6) is 0 Å². The predicted octanol–water partition coefficient (Wildman–Crippen LogP) is 3.26. The first-order chi connectivity index (χ1) is 17.8. The van der Waals surface area contributed by atoms with Gasteiger partial charge < -0.3 is 25.8 Å². The normalized spacial score (nSPS) is 14.6. The molecule has 1 aromatic heterocycles. The summed E-state index contributed by atoms with van der Waals surface area (Å²) in [6.45, 7) is 5.83. The molecule has 9 heteroatoms. The van der Waals surface area contributed by atoms with Crippen molar-refractivity contribution in [2.24, 2.45) is 0 Å². The van der Waals surface area contributed by atoms with Crippen molar-refractivity contribution in [3.63, 3.8) is 0 Å². The van der Waals surface area contributed by atoms with E-state index in [0.29, 0.717) is 37.9 Å². The van der Waals surface area contributed by atoms with Gasteiger partial charge in [0.15, 0.2) is 0 Å². The van der Waals surface area contributed by atoms with Crippen molar-refractivity contribution >= 4 is 23.6 Å². The van der Waals surface area contributed by atoms with Crippen LogP contribution in [-0.4, -0.2) is 84.4 Å². The number of nitrogens with zero attached hydrogens (tertiary/aromatic N) is 4. The summed E-state index contributed by atoms with van der Waals surface area (Å²) in [4.78, 5) is 37.3. The van der Waals surface area contributed by atoms with Gasteiger partial charge in [0, 0.05) is 45.2 Å². The molecule has 1 aliphatic carbocycles. The van der Waals surface area contributed by atoms with E-state index in [9.17, 15) is 9.59 Å². The largest absolute Gasteiger partial charge is 0.369 e. The molecular weight excluding hydrogens is 466 g/mol. The van der Waals surface area contributed by atoms with E-state index in [-0.39, 0.29) is 11.8 Å². The Morgan fingerprint density at radius 2 is 1.95 bits per heavy atom. The van der Waals surface area contributed by atoms with Gasteiger partial charge in [-0.05, 0) is 46.7 Å². The first-order valence-electron chi connectivity index (χ1n) is 13.5. The van der Waals surface area contributed by atoms with Gasteiger partial charge in [0.25, 0.3) is 0 Å².